The molecule has 0 amide bonds. The molecule has 0 bridgehead atoms. The van der Waals surface area contributed by atoms with Crippen LogP contribution in [0, 0.1) is 0 Å². The molecule has 2 rings (SSSR count). The van der Waals surface area contributed by atoms with Crippen LogP contribution in [0.25, 0.3) is 0 Å². The van der Waals surface area contributed by atoms with E-state index >= 15 is 0 Å². The Morgan fingerprint density at radius 1 is 1.33 bits per heavy atom. The zero-order valence-electron chi connectivity index (χ0n) is 12.5. The number of nitrogens with one attached hydrogen (secondary N) is 1. The van der Waals surface area contributed by atoms with Gasteiger partial charge in [0.2, 0.25) is 10.0 Å². The molecule has 0 spiro atoms. The fraction of sp³-hybridized carbons (Fsp3) is 0.600. The minimum absolute atomic E-state index is 0.0873. The highest BCUT2D eigenvalue weighted by molar-refractivity contribution is 7.89. The van der Waals surface area contributed by atoms with Crippen LogP contribution in [-0.4, -0.2) is 41.1 Å². The Balaban J connectivity index is 2.07. The normalized spacial score (nSPS) is 20.0. The lowest BCUT2D eigenvalue weighted by atomic mass is 9.88. The topological polar surface area (TPSA) is 64.6 Å². The molecule has 0 radical (unpaired) electrons. The van der Waals surface area contributed by atoms with Gasteiger partial charge in [-0.05, 0) is 30.4 Å². The van der Waals surface area contributed by atoms with E-state index in [4.69, 9.17) is 9.47 Å². The molecule has 2 unspecified atom stereocenters. The standard InChI is InChI=1S/C15H23NO4S/c1-19-10-13(20-2)11-21(17,18)16-15-9-5-7-12-6-3-4-8-14(12)15/h3-4,6,8,13,15-16H,5,7,9-11H2,1-2H3. The number of hydrogen-bond donors (Lipinski definition) is 1. The molecule has 1 aliphatic carbocycles. The third-order valence-electron chi connectivity index (χ3n) is 3.78. The molecule has 0 aliphatic heterocycles. The van der Waals surface area contributed by atoms with Crippen molar-refractivity contribution in [3.63, 3.8) is 0 Å². The number of hydrogen-bond acceptors (Lipinski definition) is 4. The summed E-state index contributed by atoms with van der Waals surface area (Å²) in [5.41, 5.74) is 2.32. The molecule has 6 heteroatoms. The first-order valence-electron chi connectivity index (χ1n) is 7.15. The van der Waals surface area contributed by atoms with E-state index in [1.165, 1.54) is 19.8 Å². The summed E-state index contributed by atoms with van der Waals surface area (Å²) in [5.74, 6) is -0.0873. The quantitative estimate of drug-likeness (QED) is 0.831. The minimum Gasteiger partial charge on any atom is -0.382 e. The number of rotatable bonds is 7. The van der Waals surface area contributed by atoms with Gasteiger partial charge in [-0.2, -0.15) is 0 Å². The Bertz CT molecular complexity index is 559. The highest BCUT2D eigenvalue weighted by Gasteiger charge is 2.26. The molecule has 1 N–H and O–H groups in total. The summed E-state index contributed by atoms with van der Waals surface area (Å²) in [7, 11) is -0.386. The Kier molecular flexibility index (Phi) is 5.75. The van der Waals surface area contributed by atoms with Gasteiger partial charge >= 0.3 is 0 Å². The van der Waals surface area contributed by atoms with E-state index in [-0.39, 0.29) is 18.4 Å². The molecule has 1 aromatic carbocycles. The fourth-order valence-electron chi connectivity index (χ4n) is 2.76. The van der Waals surface area contributed by atoms with Crippen LogP contribution in [0.15, 0.2) is 24.3 Å². The summed E-state index contributed by atoms with van der Waals surface area (Å²) in [6.45, 7) is 0.263. The Hall–Kier alpha value is -0.950. The summed E-state index contributed by atoms with van der Waals surface area (Å²) < 4.78 is 37.5. The monoisotopic (exact) mass is 313 g/mol. The maximum atomic E-state index is 12.3. The third-order valence-corrected chi connectivity index (χ3v) is 5.24. The molecule has 1 aliphatic rings. The van der Waals surface area contributed by atoms with E-state index in [1.807, 2.05) is 18.2 Å². The Labute approximate surface area is 126 Å². The van der Waals surface area contributed by atoms with Crippen LogP contribution in [0.1, 0.15) is 30.0 Å². The molecule has 1 aromatic rings. The van der Waals surface area contributed by atoms with Crippen LogP contribution in [0.2, 0.25) is 0 Å². The molecular formula is C15H23NO4S. The third kappa shape index (κ3) is 4.51. The largest absolute Gasteiger partial charge is 0.382 e. The van der Waals surface area contributed by atoms with Gasteiger partial charge in [0.05, 0.1) is 18.5 Å². The van der Waals surface area contributed by atoms with Crippen molar-refractivity contribution in [3.05, 3.63) is 35.4 Å². The number of ether oxygens (including phenoxy) is 2. The highest BCUT2D eigenvalue weighted by Crippen LogP contribution is 2.30. The van der Waals surface area contributed by atoms with E-state index in [0.29, 0.717) is 0 Å². The average molecular weight is 313 g/mol. The van der Waals surface area contributed by atoms with E-state index in [1.54, 1.807) is 0 Å². The first kappa shape index (κ1) is 16.4. The van der Waals surface area contributed by atoms with Crippen LogP contribution in [0.4, 0.5) is 0 Å². The molecule has 0 aromatic heterocycles. The van der Waals surface area contributed by atoms with E-state index < -0.39 is 16.1 Å². The molecule has 0 fully saturated rings. The molecule has 0 heterocycles. The van der Waals surface area contributed by atoms with Crippen LogP contribution >= 0.6 is 0 Å². The number of benzene rings is 1. The van der Waals surface area contributed by atoms with Crippen LogP contribution in [0.5, 0.6) is 0 Å². The SMILES string of the molecule is COCC(CS(=O)(=O)NC1CCCc2ccccc21)OC. The average Bonchev–Trinajstić information content (AvgIpc) is 2.46. The van der Waals surface area contributed by atoms with Gasteiger partial charge in [-0.25, -0.2) is 13.1 Å². The summed E-state index contributed by atoms with van der Waals surface area (Å²) in [5, 5.41) is 0. The zero-order chi connectivity index (χ0) is 15.3. The van der Waals surface area contributed by atoms with Gasteiger partial charge in [0.1, 0.15) is 0 Å². The lowest BCUT2D eigenvalue weighted by Gasteiger charge is -2.26. The first-order chi connectivity index (χ1) is 10.1. The van der Waals surface area contributed by atoms with Crippen molar-refractivity contribution >= 4 is 10.0 Å². The highest BCUT2D eigenvalue weighted by atomic mass is 32.2. The second-order valence-corrected chi connectivity index (χ2v) is 7.15. The zero-order valence-corrected chi connectivity index (χ0v) is 13.4. The minimum atomic E-state index is -3.41. The van der Waals surface area contributed by atoms with Crippen molar-refractivity contribution in [1.29, 1.82) is 0 Å². The number of sulfonamides is 1. The van der Waals surface area contributed by atoms with Crippen molar-refractivity contribution in [2.45, 2.75) is 31.4 Å². The lowest BCUT2D eigenvalue weighted by molar-refractivity contribution is 0.0418. The summed E-state index contributed by atoms with van der Waals surface area (Å²) in [6, 6.07) is 7.88. The molecule has 0 saturated heterocycles. The molecule has 5 nitrogen and oxygen atoms in total. The molecule has 21 heavy (non-hydrogen) atoms. The van der Waals surface area contributed by atoms with Gasteiger partial charge < -0.3 is 9.47 Å². The molecule has 0 saturated carbocycles. The predicted molar refractivity (Wildman–Crippen MR) is 81.7 cm³/mol. The Morgan fingerprint density at radius 2 is 2.10 bits per heavy atom. The van der Waals surface area contributed by atoms with Gasteiger partial charge in [-0.1, -0.05) is 24.3 Å². The first-order valence-corrected chi connectivity index (χ1v) is 8.80. The molecule has 118 valence electrons. The van der Waals surface area contributed by atoms with E-state index in [2.05, 4.69) is 10.8 Å². The maximum Gasteiger partial charge on any atom is 0.214 e. The number of aryl methyl sites for hydroxylation is 1. The maximum absolute atomic E-state index is 12.3. The van der Waals surface area contributed by atoms with Gasteiger partial charge in [-0.3, -0.25) is 0 Å². The van der Waals surface area contributed by atoms with E-state index in [9.17, 15) is 8.42 Å². The number of methoxy groups -OCH3 is 2. The molecular weight excluding hydrogens is 290 g/mol. The number of fused-ring (bicyclic) bond motifs is 1. The van der Waals surface area contributed by atoms with E-state index in [0.717, 1.165) is 24.8 Å². The van der Waals surface area contributed by atoms with Crippen molar-refractivity contribution in [2.75, 3.05) is 26.6 Å². The van der Waals surface area contributed by atoms with Crippen LogP contribution in [0.3, 0.4) is 0 Å². The van der Waals surface area contributed by atoms with Crippen molar-refractivity contribution < 1.29 is 17.9 Å². The van der Waals surface area contributed by atoms with Gasteiger partial charge in [0, 0.05) is 20.3 Å². The smallest absolute Gasteiger partial charge is 0.214 e. The predicted octanol–water partition coefficient (Wildman–Crippen LogP) is 1.64. The molecule has 2 atom stereocenters. The summed E-state index contributed by atoms with van der Waals surface area (Å²) in [4.78, 5) is 0. The Morgan fingerprint density at radius 3 is 2.81 bits per heavy atom. The van der Waals surface area contributed by atoms with Gasteiger partial charge in [0.25, 0.3) is 0 Å². The van der Waals surface area contributed by atoms with Gasteiger partial charge in [0.15, 0.2) is 0 Å². The second kappa shape index (κ2) is 7.35. The van der Waals surface area contributed by atoms with Crippen molar-refractivity contribution in [1.82, 2.24) is 4.72 Å². The fourth-order valence-corrected chi connectivity index (χ4v) is 4.25. The van der Waals surface area contributed by atoms with Crippen LogP contribution < -0.4 is 4.72 Å². The lowest BCUT2D eigenvalue weighted by Crippen LogP contribution is -2.38. The second-order valence-electron chi connectivity index (χ2n) is 5.36. The van der Waals surface area contributed by atoms with Gasteiger partial charge in [-0.15, -0.1) is 0 Å². The van der Waals surface area contributed by atoms with Crippen LogP contribution in [-0.2, 0) is 25.9 Å². The van der Waals surface area contributed by atoms with Crippen molar-refractivity contribution in [3.8, 4) is 0 Å². The summed E-state index contributed by atoms with van der Waals surface area (Å²) in [6.07, 6.45) is 2.39. The summed E-state index contributed by atoms with van der Waals surface area (Å²) >= 11 is 0. The van der Waals surface area contributed by atoms with Crippen molar-refractivity contribution in [2.24, 2.45) is 0 Å².